The summed E-state index contributed by atoms with van der Waals surface area (Å²) in [6.45, 7) is 4.26. The summed E-state index contributed by atoms with van der Waals surface area (Å²) in [7, 11) is 0. The number of aryl methyl sites for hydroxylation is 1. The van der Waals surface area contributed by atoms with Gasteiger partial charge in [-0.25, -0.2) is 9.67 Å². The quantitative estimate of drug-likeness (QED) is 0.844. The van der Waals surface area contributed by atoms with E-state index in [1.165, 1.54) is 0 Å². The van der Waals surface area contributed by atoms with E-state index in [9.17, 15) is 4.79 Å². The van der Waals surface area contributed by atoms with Gasteiger partial charge in [0.1, 0.15) is 0 Å². The number of aliphatic imine (C=N–C) groups is 1. The van der Waals surface area contributed by atoms with Crippen LogP contribution in [-0.2, 0) is 0 Å². The fraction of sp³-hybridized carbons (Fsp3) is 0.353. The van der Waals surface area contributed by atoms with E-state index in [0.717, 1.165) is 23.4 Å². The van der Waals surface area contributed by atoms with E-state index >= 15 is 0 Å². The van der Waals surface area contributed by atoms with Gasteiger partial charge in [0.2, 0.25) is 0 Å². The molecule has 2 aliphatic rings. The van der Waals surface area contributed by atoms with E-state index in [1.807, 2.05) is 31.2 Å². The first-order valence-corrected chi connectivity index (χ1v) is 7.40. The van der Waals surface area contributed by atoms with Crippen molar-refractivity contribution >= 4 is 17.3 Å². The minimum absolute atomic E-state index is 0.147. The van der Waals surface area contributed by atoms with Crippen molar-refractivity contribution in [3.63, 3.8) is 0 Å². The molecule has 2 aromatic rings. The number of aromatic nitrogens is 2. The molecule has 1 aliphatic carbocycles. The number of Topliss-reactive ketones (excluding diaryl/α,β-unsaturated/α-hetero) is 1. The lowest BCUT2D eigenvalue weighted by atomic mass is 10.0. The maximum absolute atomic E-state index is 12.3. The standard InChI is InChI=1S/C17H17N3O/c1-10-5-3-4-6-15(10)20-17-13(9-18-20)16(21)8-14(19-17)12-7-11(12)2/h3-6,9,11-12H,7-8H2,1-2H3. The van der Waals surface area contributed by atoms with Crippen LogP contribution in [0.25, 0.3) is 5.69 Å². The molecule has 106 valence electrons. The molecule has 2 heterocycles. The number of para-hydroxylation sites is 1. The first kappa shape index (κ1) is 12.5. The summed E-state index contributed by atoms with van der Waals surface area (Å²) in [5.41, 5.74) is 3.80. The van der Waals surface area contributed by atoms with Crippen LogP contribution in [0, 0.1) is 18.8 Å². The van der Waals surface area contributed by atoms with Crippen LogP contribution in [0.3, 0.4) is 0 Å². The van der Waals surface area contributed by atoms with Crippen LogP contribution in [0.5, 0.6) is 0 Å². The van der Waals surface area contributed by atoms with Gasteiger partial charge < -0.3 is 0 Å². The fourth-order valence-electron chi connectivity index (χ4n) is 3.06. The average Bonchev–Trinajstić information content (AvgIpc) is 3.04. The van der Waals surface area contributed by atoms with Crippen LogP contribution in [0.15, 0.2) is 35.5 Å². The lowest BCUT2D eigenvalue weighted by Gasteiger charge is -2.14. The lowest BCUT2D eigenvalue weighted by Crippen LogP contribution is -2.15. The Bertz CT molecular complexity index is 772. The normalized spacial score (nSPS) is 23.7. The molecule has 4 heteroatoms. The van der Waals surface area contributed by atoms with Crippen LogP contribution in [-0.4, -0.2) is 21.3 Å². The van der Waals surface area contributed by atoms with Crippen LogP contribution in [0.1, 0.15) is 35.7 Å². The molecule has 0 N–H and O–H groups in total. The summed E-state index contributed by atoms with van der Waals surface area (Å²) in [6, 6.07) is 8.04. The van der Waals surface area contributed by atoms with Crippen LogP contribution < -0.4 is 0 Å². The molecule has 0 bridgehead atoms. The molecule has 2 unspecified atom stereocenters. The molecule has 1 aromatic carbocycles. The summed E-state index contributed by atoms with van der Waals surface area (Å²) < 4.78 is 1.80. The van der Waals surface area contributed by atoms with E-state index in [4.69, 9.17) is 4.99 Å². The molecule has 0 spiro atoms. The molecular weight excluding hydrogens is 262 g/mol. The maximum atomic E-state index is 12.3. The van der Waals surface area contributed by atoms with Crippen molar-refractivity contribution in [3.05, 3.63) is 41.6 Å². The minimum Gasteiger partial charge on any atom is -0.294 e. The number of hydrogen-bond acceptors (Lipinski definition) is 3. The Balaban J connectivity index is 1.85. The Morgan fingerprint density at radius 3 is 2.76 bits per heavy atom. The summed E-state index contributed by atoms with van der Waals surface area (Å²) >= 11 is 0. The second kappa shape index (κ2) is 4.38. The average molecular weight is 279 g/mol. The summed E-state index contributed by atoms with van der Waals surface area (Å²) in [5, 5.41) is 4.40. The van der Waals surface area contributed by atoms with Crippen LogP contribution >= 0.6 is 0 Å². The monoisotopic (exact) mass is 279 g/mol. The SMILES string of the molecule is Cc1ccccc1-n1ncc2c1N=C(C1CC1C)CC2=O. The number of hydrogen-bond donors (Lipinski definition) is 0. The Morgan fingerprint density at radius 1 is 1.29 bits per heavy atom. The van der Waals surface area contributed by atoms with Crippen molar-refractivity contribution < 1.29 is 4.79 Å². The number of fused-ring (bicyclic) bond motifs is 1. The summed E-state index contributed by atoms with van der Waals surface area (Å²) in [6.07, 6.45) is 3.27. The minimum atomic E-state index is 0.147. The highest BCUT2D eigenvalue weighted by Crippen LogP contribution is 2.43. The van der Waals surface area contributed by atoms with Gasteiger partial charge in [-0.1, -0.05) is 25.1 Å². The Kier molecular flexibility index (Phi) is 2.61. The molecule has 21 heavy (non-hydrogen) atoms. The van der Waals surface area contributed by atoms with Gasteiger partial charge in [0.15, 0.2) is 11.6 Å². The zero-order valence-corrected chi connectivity index (χ0v) is 12.2. The van der Waals surface area contributed by atoms with Gasteiger partial charge >= 0.3 is 0 Å². The highest BCUT2D eigenvalue weighted by molar-refractivity contribution is 6.16. The molecule has 0 radical (unpaired) electrons. The third kappa shape index (κ3) is 1.94. The Morgan fingerprint density at radius 2 is 2.05 bits per heavy atom. The molecule has 0 saturated heterocycles. The van der Waals surface area contributed by atoms with Gasteiger partial charge in [0.05, 0.1) is 23.9 Å². The molecule has 1 saturated carbocycles. The van der Waals surface area contributed by atoms with Crippen molar-refractivity contribution in [2.24, 2.45) is 16.8 Å². The highest BCUT2D eigenvalue weighted by atomic mass is 16.1. The van der Waals surface area contributed by atoms with E-state index in [2.05, 4.69) is 12.0 Å². The zero-order chi connectivity index (χ0) is 14.6. The summed E-state index contributed by atoms with van der Waals surface area (Å²) in [5.74, 6) is 2.00. The third-order valence-corrected chi connectivity index (χ3v) is 4.52. The van der Waals surface area contributed by atoms with Gasteiger partial charge in [-0.3, -0.25) is 4.79 Å². The van der Waals surface area contributed by atoms with Crippen molar-refractivity contribution in [2.75, 3.05) is 0 Å². The number of nitrogens with zero attached hydrogens (tertiary/aromatic N) is 3. The largest absolute Gasteiger partial charge is 0.294 e. The van der Waals surface area contributed by atoms with Crippen molar-refractivity contribution in [3.8, 4) is 5.69 Å². The van der Waals surface area contributed by atoms with E-state index in [0.29, 0.717) is 29.6 Å². The molecule has 1 fully saturated rings. The predicted molar refractivity (Wildman–Crippen MR) is 81.6 cm³/mol. The maximum Gasteiger partial charge on any atom is 0.173 e. The number of ketones is 1. The first-order chi connectivity index (χ1) is 10.1. The van der Waals surface area contributed by atoms with Crippen LogP contribution in [0.4, 0.5) is 5.82 Å². The topological polar surface area (TPSA) is 47.2 Å². The van der Waals surface area contributed by atoms with Gasteiger partial charge in [0, 0.05) is 11.6 Å². The smallest absolute Gasteiger partial charge is 0.173 e. The molecule has 1 aliphatic heterocycles. The Labute approximate surface area is 123 Å². The van der Waals surface area contributed by atoms with Crippen LogP contribution in [0.2, 0.25) is 0 Å². The highest BCUT2D eigenvalue weighted by Gasteiger charge is 2.40. The zero-order valence-electron chi connectivity index (χ0n) is 12.2. The molecular formula is C17H17N3O. The molecule has 0 amide bonds. The number of carbonyl (C=O) groups excluding carboxylic acids is 1. The number of carbonyl (C=O) groups is 1. The van der Waals surface area contributed by atoms with E-state index in [-0.39, 0.29) is 5.78 Å². The van der Waals surface area contributed by atoms with Gasteiger partial charge in [-0.2, -0.15) is 5.10 Å². The first-order valence-electron chi connectivity index (χ1n) is 7.40. The molecule has 4 rings (SSSR count). The second-order valence-electron chi connectivity index (χ2n) is 6.10. The van der Waals surface area contributed by atoms with Crippen molar-refractivity contribution in [1.29, 1.82) is 0 Å². The number of benzene rings is 1. The van der Waals surface area contributed by atoms with Gasteiger partial charge in [-0.15, -0.1) is 0 Å². The third-order valence-electron chi connectivity index (χ3n) is 4.52. The van der Waals surface area contributed by atoms with Crippen molar-refractivity contribution in [2.45, 2.75) is 26.7 Å². The molecule has 2 atom stereocenters. The number of rotatable bonds is 2. The Hall–Kier alpha value is -2.23. The van der Waals surface area contributed by atoms with E-state index in [1.54, 1.807) is 10.9 Å². The van der Waals surface area contributed by atoms with Crippen molar-refractivity contribution in [1.82, 2.24) is 9.78 Å². The lowest BCUT2D eigenvalue weighted by molar-refractivity contribution is 0.0999. The fourth-order valence-corrected chi connectivity index (χ4v) is 3.06. The molecule has 1 aromatic heterocycles. The molecule has 4 nitrogen and oxygen atoms in total. The predicted octanol–water partition coefficient (Wildman–Crippen LogP) is 3.50. The second-order valence-corrected chi connectivity index (χ2v) is 6.10. The van der Waals surface area contributed by atoms with Gasteiger partial charge in [0.25, 0.3) is 0 Å². The summed E-state index contributed by atoms with van der Waals surface area (Å²) in [4.78, 5) is 17.1. The van der Waals surface area contributed by atoms with Gasteiger partial charge in [-0.05, 0) is 30.9 Å². The van der Waals surface area contributed by atoms with E-state index < -0.39 is 0 Å².